The first-order valence-electron chi connectivity index (χ1n) is 9.37. The first-order valence-corrected chi connectivity index (χ1v) is 9.37. The van der Waals surface area contributed by atoms with E-state index in [4.69, 9.17) is 0 Å². The normalized spacial score (nSPS) is 19.0. The molecule has 0 saturated heterocycles. The van der Waals surface area contributed by atoms with E-state index in [0.29, 0.717) is 5.92 Å². The minimum absolute atomic E-state index is 0.664. The van der Waals surface area contributed by atoms with Crippen LogP contribution < -0.4 is 0 Å². The molecule has 22 heavy (non-hydrogen) atoms. The monoisotopic (exact) mass is 303 g/mol. The predicted octanol–water partition coefficient (Wildman–Crippen LogP) is 5.60. The van der Waals surface area contributed by atoms with Crippen LogP contribution in [0.2, 0.25) is 0 Å². The number of hydrogen-bond acceptors (Lipinski definition) is 2. The average Bonchev–Trinajstić information content (AvgIpc) is 2.56. The van der Waals surface area contributed by atoms with E-state index in [2.05, 4.69) is 18.0 Å². The molecule has 124 valence electrons. The van der Waals surface area contributed by atoms with Crippen molar-refractivity contribution in [3.63, 3.8) is 0 Å². The van der Waals surface area contributed by atoms with Crippen LogP contribution in [0, 0.1) is 5.92 Å². The third-order valence-corrected chi connectivity index (χ3v) is 5.24. The fraction of sp³-hybridized carbons (Fsp3) is 0.750. The Morgan fingerprint density at radius 2 is 1.91 bits per heavy atom. The zero-order valence-electron chi connectivity index (χ0n) is 14.3. The van der Waals surface area contributed by atoms with Gasteiger partial charge in [-0.15, -0.1) is 0 Å². The Kier molecular flexibility index (Phi) is 7.38. The van der Waals surface area contributed by atoms with Crippen molar-refractivity contribution >= 4 is 0 Å². The van der Waals surface area contributed by atoms with Crippen LogP contribution in [0.5, 0.6) is 0 Å². The molecule has 0 radical (unpaired) electrons. The molecule has 1 aliphatic rings. The molecule has 1 atom stereocenters. The number of hydrogen-bond donors (Lipinski definition) is 1. The summed E-state index contributed by atoms with van der Waals surface area (Å²) in [4.78, 5) is 4.24. The van der Waals surface area contributed by atoms with Gasteiger partial charge in [-0.3, -0.25) is 4.98 Å². The second-order valence-corrected chi connectivity index (χ2v) is 7.15. The number of pyridine rings is 1. The minimum Gasteiger partial charge on any atom is -0.385 e. The average molecular weight is 303 g/mol. The summed E-state index contributed by atoms with van der Waals surface area (Å²) in [7, 11) is 0. The van der Waals surface area contributed by atoms with Gasteiger partial charge in [-0.2, -0.15) is 0 Å². The number of aromatic nitrogens is 1. The van der Waals surface area contributed by atoms with E-state index in [1.165, 1.54) is 57.8 Å². The van der Waals surface area contributed by atoms with Crippen LogP contribution in [0.4, 0.5) is 0 Å². The van der Waals surface area contributed by atoms with Gasteiger partial charge in [-0.25, -0.2) is 0 Å². The molecule has 2 heteroatoms. The molecule has 2 rings (SSSR count). The van der Waals surface area contributed by atoms with Crippen molar-refractivity contribution in [1.82, 2.24) is 4.98 Å². The highest BCUT2D eigenvalue weighted by molar-refractivity contribution is 5.18. The largest absolute Gasteiger partial charge is 0.385 e. The molecule has 0 amide bonds. The minimum atomic E-state index is -0.664. The zero-order valence-corrected chi connectivity index (χ0v) is 14.3. The number of unbranched alkanes of at least 4 members (excludes halogenated alkanes) is 4. The lowest BCUT2D eigenvalue weighted by Crippen LogP contribution is -2.30. The summed E-state index contributed by atoms with van der Waals surface area (Å²) in [6.07, 6.45) is 18.3. The van der Waals surface area contributed by atoms with Gasteiger partial charge in [0.25, 0.3) is 0 Å². The molecule has 1 heterocycles. The fourth-order valence-electron chi connectivity index (χ4n) is 3.89. The molecule has 1 N–H and O–H groups in total. The third kappa shape index (κ3) is 5.39. The Hall–Kier alpha value is -0.890. The maximum absolute atomic E-state index is 11.4. The van der Waals surface area contributed by atoms with E-state index in [1.807, 2.05) is 12.3 Å². The number of rotatable bonds is 9. The van der Waals surface area contributed by atoms with E-state index in [0.717, 1.165) is 24.8 Å². The van der Waals surface area contributed by atoms with Crippen molar-refractivity contribution in [3.05, 3.63) is 30.1 Å². The SMILES string of the molecule is CCCCCCCC(O)(CC1CCCCC1)c1cccnc1. The summed E-state index contributed by atoms with van der Waals surface area (Å²) >= 11 is 0. The summed E-state index contributed by atoms with van der Waals surface area (Å²) < 4.78 is 0. The van der Waals surface area contributed by atoms with Crippen molar-refractivity contribution in [2.45, 2.75) is 89.6 Å². The van der Waals surface area contributed by atoms with Gasteiger partial charge < -0.3 is 5.11 Å². The van der Waals surface area contributed by atoms with Gasteiger partial charge in [0.15, 0.2) is 0 Å². The highest BCUT2D eigenvalue weighted by Crippen LogP contribution is 2.38. The zero-order chi connectivity index (χ0) is 15.7. The second-order valence-electron chi connectivity index (χ2n) is 7.15. The van der Waals surface area contributed by atoms with E-state index < -0.39 is 5.60 Å². The van der Waals surface area contributed by atoms with Crippen LogP contribution in [0.25, 0.3) is 0 Å². The Bertz CT molecular complexity index is 399. The van der Waals surface area contributed by atoms with Crippen LogP contribution in [0.15, 0.2) is 24.5 Å². The van der Waals surface area contributed by atoms with Crippen molar-refractivity contribution in [1.29, 1.82) is 0 Å². The molecule has 1 saturated carbocycles. The maximum Gasteiger partial charge on any atom is 0.0914 e. The molecule has 0 aliphatic heterocycles. The van der Waals surface area contributed by atoms with Crippen LogP contribution in [0.1, 0.15) is 89.5 Å². The Balaban J connectivity index is 1.96. The predicted molar refractivity (Wildman–Crippen MR) is 92.7 cm³/mol. The van der Waals surface area contributed by atoms with Gasteiger partial charge in [0.2, 0.25) is 0 Å². The van der Waals surface area contributed by atoms with E-state index >= 15 is 0 Å². The molecular weight excluding hydrogens is 270 g/mol. The Morgan fingerprint density at radius 3 is 2.59 bits per heavy atom. The van der Waals surface area contributed by atoms with Gasteiger partial charge in [-0.05, 0) is 24.8 Å². The highest BCUT2D eigenvalue weighted by Gasteiger charge is 2.32. The molecule has 1 aliphatic carbocycles. The summed E-state index contributed by atoms with van der Waals surface area (Å²) in [5, 5.41) is 11.4. The van der Waals surface area contributed by atoms with Crippen molar-refractivity contribution in [2.24, 2.45) is 5.92 Å². The summed E-state index contributed by atoms with van der Waals surface area (Å²) in [5.41, 5.74) is 0.360. The van der Waals surface area contributed by atoms with Gasteiger partial charge in [-0.1, -0.05) is 77.2 Å². The molecule has 0 bridgehead atoms. The first kappa shape index (κ1) is 17.5. The van der Waals surface area contributed by atoms with E-state index in [1.54, 1.807) is 6.20 Å². The lowest BCUT2D eigenvalue weighted by Gasteiger charge is -2.34. The van der Waals surface area contributed by atoms with Gasteiger partial charge in [0.05, 0.1) is 5.60 Å². The Labute approximate surface area is 136 Å². The smallest absolute Gasteiger partial charge is 0.0914 e. The summed E-state index contributed by atoms with van der Waals surface area (Å²) in [6, 6.07) is 4.01. The topological polar surface area (TPSA) is 33.1 Å². The maximum atomic E-state index is 11.4. The highest BCUT2D eigenvalue weighted by atomic mass is 16.3. The van der Waals surface area contributed by atoms with Crippen LogP contribution in [0.3, 0.4) is 0 Å². The van der Waals surface area contributed by atoms with E-state index in [-0.39, 0.29) is 0 Å². The quantitative estimate of drug-likeness (QED) is 0.602. The lowest BCUT2D eigenvalue weighted by atomic mass is 9.76. The molecule has 1 aromatic heterocycles. The van der Waals surface area contributed by atoms with Gasteiger partial charge in [0, 0.05) is 18.0 Å². The van der Waals surface area contributed by atoms with Crippen molar-refractivity contribution in [3.8, 4) is 0 Å². The summed E-state index contributed by atoms with van der Waals surface area (Å²) in [5.74, 6) is 0.689. The number of nitrogens with zero attached hydrogens (tertiary/aromatic N) is 1. The second kappa shape index (κ2) is 9.29. The fourth-order valence-corrected chi connectivity index (χ4v) is 3.89. The molecule has 1 unspecified atom stereocenters. The van der Waals surface area contributed by atoms with Crippen LogP contribution in [-0.4, -0.2) is 10.1 Å². The standard InChI is InChI=1S/C20H33NO/c1-2-3-4-5-9-14-20(22,19-13-10-15-21-17-19)16-18-11-7-6-8-12-18/h10,13,15,17-18,22H,2-9,11-12,14,16H2,1H3. The molecular formula is C20H33NO. The summed E-state index contributed by atoms with van der Waals surface area (Å²) in [6.45, 7) is 2.25. The molecule has 2 nitrogen and oxygen atoms in total. The Morgan fingerprint density at radius 1 is 1.14 bits per heavy atom. The molecule has 0 spiro atoms. The van der Waals surface area contributed by atoms with Crippen LogP contribution >= 0.6 is 0 Å². The first-order chi connectivity index (χ1) is 10.7. The van der Waals surface area contributed by atoms with Crippen molar-refractivity contribution < 1.29 is 5.11 Å². The molecule has 1 fully saturated rings. The lowest BCUT2D eigenvalue weighted by molar-refractivity contribution is -0.00533. The number of aliphatic hydroxyl groups is 1. The van der Waals surface area contributed by atoms with Crippen LogP contribution in [-0.2, 0) is 5.60 Å². The van der Waals surface area contributed by atoms with Gasteiger partial charge >= 0.3 is 0 Å². The van der Waals surface area contributed by atoms with Gasteiger partial charge in [0.1, 0.15) is 0 Å². The molecule has 1 aromatic rings. The molecule has 0 aromatic carbocycles. The van der Waals surface area contributed by atoms with Crippen molar-refractivity contribution in [2.75, 3.05) is 0 Å². The van der Waals surface area contributed by atoms with E-state index in [9.17, 15) is 5.11 Å². The third-order valence-electron chi connectivity index (χ3n) is 5.24.